The minimum Gasteiger partial charge on any atom is -0.457 e. The zero-order valence-electron chi connectivity index (χ0n) is 24.9. The summed E-state index contributed by atoms with van der Waals surface area (Å²) in [5, 5.41) is 3.31. The van der Waals surface area contributed by atoms with Crippen LogP contribution < -0.4 is 14.4 Å². The zero-order chi connectivity index (χ0) is 31.7. The number of para-hydroxylation sites is 1. The number of nitrogens with zero attached hydrogens (tertiary/aromatic N) is 2. The lowest BCUT2D eigenvalue weighted by Gasteiger charge is -2.32. The first-order valence-electron chi connectivity index (χ1n) is 14.3. The molecule has 0 aliphatic rings. The number of carbonyl (C=O) groups is 2. The number of ether oxygens (including phenoxy) is 1. The monoisotopic (exact) mass is 633 g/mol. The van der Waals surface area contributed by atoms with E-state index >= 15 is 0 Å². The Morgan fingerprint density at radius 3 is 1.98 bits per heavy atom. The maximum absolute atomic E-state index is 14.1. The number of nitrogens with one attached hydrogen (secondary N) is 1. The molecule has 10 heteroatoms. The van der Waals surface area contributed by atoms with Crippen molar-refractivity contribution in [3.8, 4) is 11.5 Å². The van der Waals surface area contributed by atoms with E-state index in [1.807, 2.05) is 44.2 Å². The first-order chi connectivity index (χ1) is 21.1. The molecule has 1 N–H and O–H groups in total. The SMILES string of the molecule is CC(C)CNC(=O)[C@H](C)N(Cc1ccccc1Cl)C(=O)CN(c1ccc(Oc2ccccc2)cc1)S(=O)(=O)c1ccccc1. The number of hydrogen-bond acceptors (Lipinski definition) is 5. The van der Waals surface area contributed by atoms with Crippen molar-refractivity contribution in [1.82, 2.24) is 10.2 Å². The van der Waals surface area contributed by atoms with Gasteiger partial charge in [-0.3, -0.25) is 13.9 Å². The second kappa shape index (κ2) is 14.9. The molecule has 0 radical (unpaired) electrons. The number of amides is 2. The van der Waals surface area contributed by atoms with E-state index < -0.39 is 28.5 Å². The van der Waals surface area contributed by atoms with Crippen molar-refractivity contribution in [3.63, 3.8) is 0 Å². The molecule has 44 heavy (non-hydrogen) atoms. The Bertz CT molecular complexity index is 1650. The van der Waals surface area contributed by atoms with E-state index in [1.54, 1.807) is 73.7 Å². The Balaban J connectivity index is 1.69. The fraction of sp³-hybridized carbons (Fsp3) is 0.235. The summed E-state index contributed by atoms with van der Waals surface area (Å²) in [4.78, 5) is 28.6. The highest BCUT2D eigenvalue weighted by atomic mass is 35.5. The minimum absolute atomic E-state index is 0.0118. The summed E-state index contributed by atoms with van der Waals surface area (Å²) in [7, 11) is -4.18. The molecule has 0 aliphatic carbocycles. The van der Waals surface area contributed by atoms with Crippen molar-refractivity contribution in [2.75, 3.05) is 17.4 Å². The van der Waals surface area contributed by atoms with Gasteiger partial charge in [-0.05, 0) is 73.0 Å². The van der Waals surface area contributed by atoms with Crippen LogP contribution in [0.2, 0.25) is 5.02 Å². The van der Waals surface area contributed by atoms with Crippen LogP contribution in [0, 0.1) is 5.92 Å². The van der Waals surface area contributed by atoms with Crippen LogP contribution in [-0.2, 0) is 26.2 Å². The molecule has 0 saturated carbocycles. The molecular formula is C34H36ClN3O5S. The van der Waals surface area contributed by atoms with E-state index in [2.05, 4.69) is 5.32 Å². The fourth-order valence-electron chi connectivity index (χ4n) is 4.40. The van der Waals surface area contributed by atoms with E-state index in [9.17, 15) is 18.0 Å². The highest BCUT2D eigenvalue weighted by molar-refractivity contribution is 7.92. The predicted octanol–water partition coefficient (Wildman–Crippen LogP) is 6.52. The highest BCUT2D eigenvalue weighted by Crippen LogP contribution is 2.29. The smallest absolute Gasteiger partial charge is 0.264 e. The van der Waals surface area contributed by atoms with Crippen molar-refractivity contribution in [2.45, 2.75) is 38.3 Å². The molecule has 8 nitrogen and oxygen atoms in total. The Labute approximate surface area is 264 Å². The summed E-state index contributed by atoms with van der Waals surface area (Å²) in [6.07, 6.45) is 0. The second-order valence-electron chi connectivity index (χ2n) is 10.7. The van der Waals surface area contributed by atoms with Crippen molar-refractivity contribution < 1.29 is 22.7 Å². The third-order valence-corrected chi connectivity index (χ3v) is 9.02. The third-order valence-electron chi connectivity index (χ3n) is 6.86. The van der Waals surface area contributed by atoms with Gasteiger partial charge in [-0.15, -0.1) is 0 Å². The molecule has 4 aromatic carbocycles. The number of hydrogen-bond donors (Lipinski definition) is 1. The van der Waals surface area contributed by atoms with E-state index in [1.165, 1.54) is 17.0 Å². The van der Waals surface area contributed by atoms with Crippen LogP contribution in [0.3, 0.4) is 0 Å². The van der Waals surface area contributed by atoms with Gasteiger partial charge in [0.1, 0.15) is 24.1 Å². The van der Waals surface area contributed by atoms with Gasteiger partial charge in [0.25, 0.3) is 10.0 Å². The summed E-state index contributed by atoms with van der Waals surface area (Å²) < 4.78 is 34.9. The number of anilines is 1. The average Bonchev–Trinajstić information content (AvgIpc) is 3.03. The number of sulfonamides is 1. The standard InChI is InChI=1S/C34H36ClN3O5S/c1-25(2)22-36-34(40)26(3)37(23-27-12-10-11-17-32(27)35)33(39)24-38(44(41,42)31-15-8-5-9-16-31)28-18-20-30(21-19-28)43-29-13-6-4-7-14-29/h4-21,25-26H,22-24H2,1-3H3,(H,36,40)/t26-/m0/s1. The molecule has 0 bridgehead atoms. The van der Waals surface area contributed by atoms with Gasteiger partial charge in [0, 0.05) is 18.1 Å². The van der Waals surface area contributed by atoms with Crippen LogP contribution in [0.15, 0.2) is 114 Å². The molecule has 0 fully saturated rings. The van der Waals surface area contributed by atoms with Crippen molar-refractivity contribution in [1.29, 1.82) is 0 Å². The molecule has 0 heterocycles. The summed E-state index contributed by atoms with van der Waals surface area (Å²) in [5.41, 5.74) is 0.892. The van der Waals surface area contributed by atoms with Gasteiger partial charge >= 0.3 is 0 Å². The Morgan fingerprint density at radius 1 is 0.795 bits per heavy atom. The number of halogens is 1. The van der Waals surface area contributed by atoms with E-state index in [4.69, 9.17) is 16.3 Å². The number of carbonyl (C=O) groups excluding carboxylic acids is 2. The minimum atomic E-state index is -4.18. The average molecular weight is 634 g/mol. The maximum atomic E-state index is 14.1. The maximum Gasteiger partial charge on any atom is 0.264 e. The van der Waals surface area contributed by atoms with Gasteiger partial charge in [0.2, 0.25) is 11.8 Å². The first kappa shape index (κ1) is 32.6. The largest absolute Gasteiger partial charge is 0.457 e. The van der Waals surface area contributed by atoms with Crippen LogP contribution in [0.4, 0.5) is 5.69 Å². The van der Waals surface area contributed by atoms with Crippen LogP contribution >= 0.6 is 11.6 Å². The van der Waals surface area contributed by atoms with Gasteiger partial charge in [-0.25, -0.2) is 8.42 Å². The Kier molecular flexibility index (Phi) is 11.0. The van der Waals surface area contributed by atoms with Crippen LogP contribution in [-0.4, -0.2) is 44.3 Å². The number of benzene rings is 4. The van der Waals surface area contributed by atoms with Crippen LogP contribution in [0.5, 0.6) is 11.5 Å². The van der Waals surface area contributed by atoms with Crippen molar-refractivity contribution >= 4 is 39.1 Å². The fourth-order valence-corrected chi connectivity index (χ4v) is 6.03. The lowest BCUT2D eigenvalue weighted by Crippen LogP contribution is -2.51. The molecule has 0 aliphatic heterocycles. The number of rotatable bonds is 13. The Hall–Kier alpha value is -4.34. The molecule has 1 atom stereocenters. The topological polar surface area (TPSA) is 96.0 Å². The van der Waals surface area contributed by atoms with Crippen molar-refractivity contribution in [3.05, 3.63) is 120 Å². The molecule has 0 saturated heterocycles. The summed E-state index contributed by atoms with van der Waals surface area (Å²) in [6, 6.07) is 29.7. The summed E-state index contributed by atoms with van der Waals surface area (Å²) in [6.45, 7) is 5.46. The van der Waals surface area contributed by atoms with Crippen LogP contribution in [0.25, 0.3) is 0 Å². The molecule has 230 valence electrons. The van der Waals surface area contributed by atoms with Crippen LogP contribution in [0.1, 0.15) is 26.3 Å². The van der Waals surface area contributed by atoms with E-state index in [0.29, 0.717) is 28.6 Å². The van der Waals surface area contributed by atoms with Gasteiger partial charge in [0.15, 0.2) is 0 Å². The van der Waals surface area contributed by atoms with Gasteiger partial charge in [-0.2, -0.15) is 0 Å². The molecule has 0 aromatic heterocycles. The lowest BCUT2D eigenvalue weighted by atomic mass is 10.1. The molecule has 0 spiro atoms. The molecule has 4 rings (SSSR count). The lowest BCUT2D eigenvalue weighted by molar-refractivity contribution is -0.139. The third kappa shape index (κ3) is 8.39. The molecule has 4 aromatic rings. The van der Waals surface area contributed by atoms with Crippen molar-refractivity contribution in [2.24, 2.45) is 5.92 Å². The molecule has 2 amide bonds. The second-order valence-corrected chi connectivity index (χ2v) is 12.9. The summed E-state index contributed by atoms with van der Waals surface area (Å²) in [5.74, 6) is 0.419. The van der Waals surface area contributed by atoms with Gasteiger partial charge < -0.3 is 15.0 Å². The first-order valence-corrected chi connectivity index (χ1v) is 16.1. The van der Waals surface area contributed by atoms with Gasteiger partial charge in [0.05, 0.1) is 10.6 Å². The van der Waals surface area contributed by atoms with E-state index in [0.717, 1.165) is 4.31 Å². The zero-order valence-corrected chi connectivity index (χ0v) is 26.5. The molecule has 0 unspecified atom stereocenters. The predicted molar refractivity (Wildman–Crippen MR) is 173 cm³/mol. The summed E-state index contributed by atoms with van der Waals surface area (Å²) >= 11 is 6.43. The molecular weight excluding hydrogens is 598 g/mol. The van der Waals surface area contributed by atoms with E-state index in [-0.39, 0.29) is 29.0 Å². The highest BCUT2D eigenvalue weighted by Gasteiger charge is 2.32. The Morgan fingerprint density at radius 2 is 1.36 bits per heavy atom. The normalized spacial score (nSPS) is 11.9. The quantitative estimate of drug-likeness (QED) is 0.181. The van der Waals surface area contributed by atoms with Gasteiger partial charge in [-0.1, -0.05) is 80.0 Å².